The summed E-state index contributed by atoms with van der Waals surface area (Å²) in [5.41, 5.74) is 1.84. The molecule has 0 radical (unpaired) electrons. The molecule has 1 saturated carbocycles. The number of rotatable bonds is 8. The van der Waals surface area contributed by atoms with E-state index in [-0.39, 0.29) is 6.04 Å². The lowest BCUT2D eigenvalue weighted by Crippen LogP contribution is -2.36. The van der Waals surface area contributed by atoms with Crippen LogP contribution >= 0.6 is 0 Å². The van der Waals surface area contributed by atoms with E-state index in [1.54, 1.807) is 26.2 Å². The lowest BCUT2D eigenvalue weighted by molar-refractivity contribution is 0.180. The molecule has 1 aliphatic rings. The van der Waals surface area contributed by atoms with Gasteiger partial charge >= 0.3 is 0 Å². The third-order valence-electron chi connectivity index (χ3n) is 3.62. The van der Waals surface area contributed by atoms with Crippen LogP contribution in [0.25, 0.3) is 0 Å². The van der Waals surface area contributed by atoms with Crippen LogP contribution in [0.5, 0.6) is 0 Å². The van der Waals surface area contributed by atoms with E-state index in [2.05, 4.69) is 10.0 Å². The number of ether oxygens (including phenoxy) is 1. The first-order valence-electron chi connectivity index (χ1n) is 7.27. The molecule has 2 rings (SSSR count). The van der Waals surface area contributed by atoms with Gasteiger partial charge in [0.2, 0.25) is 10.0 Å². The van der Waals surface area contributed by atoms with Gasteiger partial charge in [0, 0.05) is 25.7 Å². The molecule has 0 spiro atoms. The largest absolute Gasteiger partial charge is 0.383 e. The second kappa shape index (κ2) is 6.87. The number of hydrogen-bond acceptors (Lipinski definition) is 4. The molecule has 6 heteroatoms. The Hall–Kier alpha value is -0.950. The van der Waals surface area contributed by atoms with E-state index in [0.717, 1.165) is 11.1 Å². The minimum absolute atomic E-state index is 0.257. The van der Waals surface area contributed by atoms with Crippen LogP contribution < -0.4 is 10.0 Å². The third-order valence-corrected chi connectivity index (χ3v) is 5.35. The molecule has 0 amide bonds. The normalized spacial score (nSPS) is 16.9. The van der Waals surface area contributed by atoms with Crippen LogP contribution in [-0.4, -0.2) is 34.2 Å². The molecule has 1 aromatic rings. The van der Waals surface area contributed by atoms with Crippen LogP contribution in [0.3, 0.4) is 0 Å². The predicted molar refractivity (Wildman–Crippen MR) is 82.7 cm³/mol. The molecule has 5 nitrogen and oxygen atoms in total. The van der Waals surface area contributed by atoms with E-state index in [0.29, 0.717) is 24.1 Å². The van der Waals surface area contributed by atoms with Crippen LogP contribution in [0.4, 0.5) is 0 Å². The van der Waals surface area contributed by atoms with Gasteiger partial charge in [-0.15, -0.1) is 0 Å². The highest BCUT2D eigenvalue weighted by Crippen LogP contribution is 2.22. The van der Waals surface area contributed by atoms with Crippen LogP contribution in [-0.2, 0) is 21.3 Å². The Morgan fingerprint density at radius 2 is 2.10 bits per heavy atom. The van der Waals surface area contributed by atoms with E-state index >= 15 is 0 Å². The highest BCUT2D eigenvalue weighted by atomic mass is 32.2. The van der Waals surface area contributed by atoms with Gasteiger partial charge in [-0.25, -0.2) is 13.1 Å². The Balaban J connectivity index is 2.15. The Bertz CT molecular complexity index is 583. The standard InChI is InChI=1S/C15H24N2O3S/c1-11(10-20-3)17-21(18,19)15-6-4-5-13(12(15)2)9-16-14-7-8-14/h4-6,11,14,16-17H,7-10H2,1-3H3. The molecule has 21 heavy (non-hydrogen) atoms. The maximum Gasteiger partial charge on any atom is 0.241 e. The van der Waals surface area contributed by atoms with E-state index in [9.17, 15) is 8.42 Å². The molecule has 2 N–H and O–H groups in total. The smallest absolute Gasteiger partial charge is 0.241 e. The van der Waals surface area contributed by atoms with Crippen LogP contribution in [0.2, 0.25) is 0 Å². The van der Waals surface area contributed by atoms with Gasteiger partial charge in [-0.2, -0.15) is 0 Å². The zero-order valence-corrected chi connectivity index (χ0v) is 13.7. The molecule has 1 aromatic carbocycles. The summed E-state index contributed by atoms with van der Waals surface area (Å²) >= 11 is 0. The monoisotopic (exact) mass is 312 g/mol. The van der Waals surface area contributed by atoms with E-state index in [1.807, 2.05) is 13.0 Å². The summed E-state index contributed by atoms with van der Waals surface area (Å²) in [4.78, 5) is 0.348. The average Bonchev–Trinajstić information content (AvgIpc) is 3.21. The van der Waals surface area contributed by atoms with Crippen molar-refractivity contribution in [1.82, 2.24) is 10.0 Å². The van der Waals surface area contributed by atoms with Crippen molar-refractivity contribution >= 4 is 10.0 Å². The lowest BCUT2D eigenvalue weighted by Gasteiger charge is -2.16. The summed E-state index contributed by atoms with van der Waals surface area (Å²) < 4.78 is 32.5. The zero-order valence-electron chi connectivity index (χ0n) is 12.8. The van der Waals surface area contributed by atoms with Gasteiger partial charge in [-0.05, 0) is 43.9 Å². The minimum atomic E-state index is -3.52. The Morgan fingerprint density at radius 3 is 2.71 bits per heavy atom. The molecule has 0 bridgehead atoms. The topological polar surface area (TPSA) is 67.4 Å². The predicted octanol–water partition coefficient (Wildman–Crippen LogP) is 1.56. The summed E-state index contributed by atoms with van der Waals surface area (Å²) in [6, 6.07) is 5.77. The molecule has 1 fully saturated rings. The minimum Gasteiger partial charge on any atom is -0.383 e. The van der Waals surface area contributed by atoms with Crippen molar-refractivity contribution in [2.24, 2.45) is 0 Å². The van der Waals surface area contributed by atoms with Gasteiger partial charge in [0.25, 0.3) is 0 Å². The third kappa shape index (κ3) is 4.51. The van der Waals surface area contributed by atoms with Crippen molar-refractivity contribution in [3.8, 4) is 0 Å². The molecular formula is C15H24N2O3S. The van der Waals surface area contributed by atoms with E-state index in [1.165, 1.54) is 12.8 Å². The Kier molecular flexibility index (Phi) is 5.37. The summed E-state index contributed by atoms with van der Waals surface area (Å²) in [5.74, 6) is 0. The first-order valence-corrected chi connectivity index (χ1v) is 8.75. The fraction of sp³-hybridized carbons (Fsp3) is 0.600. The fourth-order valence-electron chi connectivity index (χ4n) is 2.30. The van der Waals surface area contributed by atoms with Crippen molar-refractivity contribution in [2.75, 3.05) is 13.7 Å². The summed E-state index contributed by atoms with van der Waals surface area (Å²) in [6.45, 7) is 4.71. The van der Waals surface area contributed by atoms with Gasteiger partial charge in [-0.3, -0.25) is 0 Å². The van der Waals surface area contributed by atoms with Crippen molar-refractivity contribution in [3.05, 3.63) is 29.3 Å². The number of methoxy groups -OCH3 is 1. The number of sulfonamides is 1. The van der Waals surface area contributed by atoms with Crippen LogP contribution in [0.1, 0.15) is 30.9 Å². The Morgan fingerprint density at radius 1 is 1.38 bits per heavy atom. The van der Waals surface area contributed by atoms with E-state index < -0.39 is 10.0 Å². The van der Waals surface area contributed by atoms with Gasteiger partial charge in [-0.1, -0.05) is 12.1 Å². The zero-order chi connectivity index (χ0) is 15.5. The molecule has 1 unspecified atom stereocenters. The maximum atomic E-state index is 12.5. The van der Waals surface area contributed by atoms with Crippen LogP contribution in [0.15, 0.2) is 23.1 Å². The highest BCUT2D eigenvalue weighted by molar-refractivity contribution is 7.89. The van der Waals surface area contributed by atoms with Crippen molar-refractivity contribution in [2.45, 2.75) is 50.2 Å². The molecular weight excluding hydrogens is 288 g/mol. The fourth-order valence-corrected chi connectivity index (χ4v) is 3.81. The van der Waals surface area contributed by atoms with Gasteiger partial charge in [0.05, 0.1) is 11.5 Å². The second-order valence-electron chi connectivity index (χ2n) is 5.67. The van der Waals surface area contributed by atoms with Gasteiger partial charge in [0.15, 0.2) is 0 Å². The maximum absolute atomic E-state index is 12.5. The van der Waals surface area contributed by atoms with Crippen molar-refractivity contribution < 1.29 is 13.2 Å². The summed E-state index contributed by atoms with van der Waals surface area (Å²) in [5, 5.41) is 3.42. The quantitative estimate of drug-likeness (QED) is 0.764. The SMILES string of the molecule is COCC(C)NS(=O)(=O)c1cccc(CNC2CC2)c1C. The molecule has 0 saturated heterocycles. The first kappa shape index (κ1) is 16.4. The molecule has 0 heterocycles. The number of hydrogen-bond donors (Lipinski definition) is 2. The first-order chi connectivity index (χ1) is 9.94. The number of benzene rings is 1. The van der Waals surface area contributed by atoms with Gasteiger partial charge < -0.3 is 10.1 Å². The highest BCUT2D eigenvalue weighted by Gasteiger charge is 2.23. The number of nitrogens with one attached hydrogen (secondary N) is 2. The second-order valence-corrected chi connectivity index (χ2v) is 7.36. The van der Waals surface area contributed by atoms with Crippen molar-refractivity contribution in [1.29, 1.82) is 0 Å². The van der Waals surface area contributed by atoms with E-state index in [4.69, 9.17) is 4.74 Å². The summed E-state index contributed by atoms with van der Waals surface area (Å²) in [6.07, 6.45) is 2.43. The molecule has 0 aromatic heterocycles. The molecule has 1 aliphatic carbocycles. The Labute approximate surface area is 127 Å². The molecule has 1 atom stereocenters. The van der Waals surface area contributed by atoms with Gasteiger partial charge in [0.1, 0.15) is 0 Å². The molecule has 118 valence electrons. The van der Waals surface area contributed by atoms with Crippen molar-refractivity contribution in [3.63, 3.8) is 0 Å². The average molecular weight is 312 g/mol. The van der Waals surface area contributed by atoms with Crippen LogP contribution in [0, 0.1) is 6.92 Å². The lowest BCUT2D eigenvalue weighted by atomic mass is 10.1. The molecule has 0 aliphatic heterocycles. The summed E-state index contributed by atoms with van der Waals surface area (Å²) in [7, 11) is -1.96.